The average Bonchev–Trinajstić information content (AvgIpc) is 2.62. The molecule has 0 aliphatic carbocycles. The first-order valence-electron chi connectivity index (χ1n) is 4.02. The van der Waals surface area contributed by atoms with Gasteiger partial charge in [-0.15, -0.1) is 0 Å². The van der Waals surface area contributed by atoms with Crippen molar-refractivity contribution in [1.29, 1.82) is 0 Å². The van der Waals surface area contributed by atoms with E-state index in [4.69, 9.17) is 16.6 Å². The maximum atomic E-state index is 11.2. The molecule has 0 amide bonds. The SMILES string of the molecule is NC(N)COC(=O)c1ccc(C(=O)O)o1. The van der Waals surface area contributed by atoms with Crippen molar-refractivity contribution in [2.75, 3.05) is 6.61 Å². The van der Waals surface area contributed by atoms with Crippen molar-refractivity contribution < 1.29 is 23.8 Å². The summed E-state index contributed by atoms with van der Waals surface area (Å²) in [7, 11) is 0. The molecule has 0 aromatic carbocycles. The molecule has 15 heavy (non-hydrogen) atoms. The molecular weight excluding hydrogens is 204 g/mol. The zero-order chi connectivity index (χ0) is 11.4. The predicted molar refractivity (Wildman–Crippen MR) is 48.1 cm³/mol. The van der Waals surface area contributed by atoms with Crippen LogP contribution in [0.5, 0.6) is 0 Å². The number of carbonyl (C=O) groups excluding carboxylic acids is 1. The second-order valence-corrected chi connectivity index (χ2v) is 2.73. The molecule has 0 aliphatic rings. The number of carboxylic acid groups (broad SMARTS) is 1. The Hall–Kier alpha value is -1.86. The summed E-state index contributed by atoms with van der Waals surface area (Å²) in [5.74, 6) is -2.60. The van der Waals surface area contributed by atoms with Gasteiger partial charge in [-0.3, -0.25) is 0 Å². The minimum Gasteiger partial charge on any atom is -0.475 e. The molecule has 1 aromatic heterocycles. The van der Waals surface area contributed by atoms with Crippen LogP contribution in [0, 0.1) is 0 Å². The van der Waals surface area contributed by atoms with Gasteiger partial charge in [0.2, 0.25) is 11.5 Å². The van der Waals surface area contributed by atoms with Crippen LogP contribution in [-0.4, -0.2) is 29.8 Å². The number of hydrogen-bond acceptors (Lipinski definition) is 6. The highest BCUT2D eigenvalue weighted by molar-refractivity contribution is 5.90. The lowest BCUT2D eigenvalue weighted by Crippen LogP contribution is -2.36. The maximum Gasteiger partial charge on any atom is 0.374 e. The van der Waals surface area contributed by atoms with Gasteiger partial charge in [-0.2, -0.15) is 0 Å². The largest absolute Gasteiger partial charge is 0.475 e. The van der Waals surface area contributed by atoms with E-state index in [0.29, 0.717) is 0 Å². The molecule has 5 N–H and O–H groups in total. The van der Waals surface area contributed by atoms with Gasteiger partial charge in [0.25, 0.3) is 0 Å². The monoisotopic (exact) mass is 214 g/mol. The van der Waals surface area contributed by atoms with E-state index in [1.54, 1.807) is 0 Å². The van der Waals surface area contributed by atoms with Crippen molar-refractivity contribution in [2.45, 2.75) is 6.17 Å². The van der Waals surface area contributed by atoms with Crippen molar-refractivity contribution in [2.24, 2.45) is 11.5 Å². The first kappa shape index (κ1) is 11.2. The van der Waals surface area contributed by atoms with Gasteiger partial charge in [-0.05, 0) is 12.1 Å². The number of rotatable bonds is 4. The Kier molecular flexibility index (Phi) is 3.42. The molecule has 7 heteroatoms. The van der Waals surface area contributed by atoms with Crippen LogP contribution in [0.2, 0.25) is 0 Å². The molecule has 0 aliphatic heterocycles. The Labute approximate surface area is 84.6 Å². The minimum atomic E-state index is -1.26. The fourth-order valence-electron chi connectivity index (χ4n) is 0.806. The van der Waals surface area contributed by atoms with Crippen LogP contribution in [-0.2, 0) is 4.74 Å². The maximum absolute atomic E-state index is 11.2. The first-order valence-corrected chi connectivity index (χ1v) is 4.02. The van der Waals surface area contributed by atoms with Crippen LogP contribution >= 0.6 is 0 Å². The molecule has 0 spiro atoms. The summed E-state index contributed by atoms with van der Waals surface area (Å²) < 4.78 is 9.29. The quantitative estimate of drug-likeness (QED) is 0.449. The number of ether oxygens (including phenoxy) is 1. The van der Waals surface area contributed by atoms with Gasteiger partial charge in [0.05, 0.1) is 6.17 Å². The summed E-state index contributed by atoms with van der Waals surface area (Å²) >= 11 is 0. The van der Waals surface area contributed by atoms with E-state index < -0.39 is 18.1 Å². The number of nitrogens with two attached hydrogens (primary N) is 2. The average molecular weight is 214 g/mol. The molecule has 0 atom stereocenters. The molecular formula is C8H10N2O5. The van der Waals surface area contributed by atoms with E-state index in [1.165, 1.54) is 6.07 Å². The molecule has 0 saturated carbocycles. The highest BCUT2D eigenvalue weighted by atomic mass is 16.5. The minimum absolute atomic E-state index is 0.165. The molecule has 0 saturated heterocycles. The summed E-state index contributed by atoms with van der Waals surface area (Å²) in [6.07, 6.45) is -0.775. The highest BCUT2D eigenvalue weighted by Crippen LogP contribution is 2.08. The Morgan fingerprint density at radius 3 is 2.47 bits per heavy atom. The zero-order valence-corrected chi connectivity index (χ0v) is 7.67. The van der Waals surface area contributed by atoms with Gasteiger partial charge in [0.1, 0.15) is 6.61 Å². The second kappa shape index (κ2) is 4.58. The van der Waals surface area contributed by atoms with E-state index >= 15 is 0 Å². The first-order chi connectivity index (χ1) is 7.00. The van der Waals surface area contributed by atoms with Crippen LogP contribution < -0.4 is 11.5 Å². The van der Waals surface area contributed by atoms with Crippen molar-refractivity contribution >= 4 is 11.9 Å². The standard InChI is InChI=1S/C8H10N2O5/c9-6(10)3-14-8(13)5-2-1-4(15-5)7(11)12/h1-2,6H,3,9-10H2,(H,11,12). The smallest absolute Gasteiger partial charge is 0.374 e. The van der Waals surface area contributed by atoms with Gasteiger partial charge in [-0.1, -0.05) is 0 Å². The zero-order valence-electron chi connectivity index (χ0n) is 7.67. The van der Waals surface area contributed by atoms with Gasteiger partial charge in [0, 0.05) is 0 Å². The third-order valence-corrected chi connectivity index (χ3v) is 1.42. The van der Waals surface area contributed by atoms with Gasteiger partial charge in [0.15, 0.2) is 0 Å². The number of carboxylic acids is 1. The van der Waals surface area contributed by atoms with E-state index in [-0.39, 0.29) is 18.1 Å². The lowest BCUT2D eigenvalue weighted by atomic mass is 10.4. The van der Waals surface area contributed by atoms with E-state index in [1.807, 2.05) is 0 Å². The lowest BCUT2D eigenvalue weighted by Gasteiger charge is -2.04. The summed E-state index contributed by atoms with van der Waals surface area (Å²) in [6.45, 7) is -0.165. The highest BCUT2D eigenvalue weighted by Gasteiger charge is 2.16. The summed E-state index contributed by atoms with van der Waals surface area (Å²) in [5, 5.41) is 8.51. The fourth-order valence-corrected chi connectivity index (χ4v) is 0.806. The molecule has 1 aromatic rings. The van der Waals surface area contributed by atoms with Gasteiger partial charge >= 0.3 is 11.9 Å². The second-order valence-electron chi connectivity index (χ2n) is 2.73. The molecule has 0 unspecified atom stereocenters. The summed E-state index contributed by atoms with van der Waals surface area (Å²) in [6, 6.07) is 2.36. The Balaban J connectivity index is 2.62. The van der Waals surface area contributed by atoms with Gasteiger partial charge in [-0.25, -0.2) is 9.59 Å². The fraction of sp³-hybridized carbons (Fsp3) is 0.250. The van der Waals surface area contributed by atoms with Crippen LogP contribution in [0.1, 0.15) is 21.1 Å². The Morgan fingerprint density at radius 1 is 1.40 bits per heavy atom. The van der Waals surface area contributed by atoms with Crippen LogP contribution in [0.3, 0.4) is 0 Å². The Morgan fingerprint density at radius 2 is 2.00 bits per heavy atom. The predicted octanol–water partition coefficient (Wildman–Crippen LogP) is -0.622. The topological polar surface area (TPSA) is 129 Å². The van der Waals surface area contributed by atoms with Crippen LogP contribution in [0.15, 0.2) is 16.5 Å². The normalized spacial score (nSPS) is 10.3. The van der Waals surface area contributed by atoms with Gasteiger partial charge < -0.3 is 25.7 Å². The molecule has 0 fully saturated rings. The van der Waals surface area contributed by atoms with E-state index in [2.05, 4.69) is 9.15 Å². The third-order valence-electron chi connectivity index (χ3n) is 1.42. The van der Waals surface area contributed by atoms with E-state index in [9.17, 15) is 9.59 Å². The number of carbonyl (C=O) groups is 2. The van der Waals surface area contributed by atoms with Crippen LogP contribution in [0.25, 0.3) is 0 Å². The van der Waals surface area contributed by atoms with E-state index in [0.717, 1.165) is 6.07 Å². The molecule has 0 bridgehead atoms. The summed E-state index contributed by atoms with van der Waals surface area (Å²) in [5.41, 5.74) is 10.3. The number of hydrogen-bond donors (Lipinski definition) is 3. The van der Waals surface area contributed by atoms with Crippen molar-refractivity contribution in [3.8, 4) is 0 Å². The molecule has 1 heterocycles. The number of aromatic carboxylic acids is 1. The Bertz CT molecular complexity index is 371. The molecule has 1 rings (SSSR count). The molecule has 7 nitrogen and oxygen atoms in total. The summed E-state index contributed by atoms with van der Waals surface area (Å²) in [4.78, 5) is 21.6. The molecule has 0 radical (unpaired) electrons. The lowest BCUT2D eigenvalue weighted by molar-refractivity contribution is 0.0442. The van der Waals surface area contributed by atoms with Crippen molar-refractivity contribution in [3.05, 3.63) is 23.7 Å². The van der Waals surface area contributed by atoms with Crippen LogP contribution in [0.4, 0.5) is 0 Å². The third kappa shape index (κ3) is 3.08. The van der Waals surface area contributed by atoms with Crippen molar-refractivity contribution in [3.63, 3.8) is 0 Å². The number of esters is 1. The number of furan rings is 1. The molecule has 82 valence electrons. The van der Waals surface area contributed by atoms with Crippen molar-refractivity contribution in [1.82, 2.24) is 0 Å².